The second-order valence-electron chi connectivity index (χ2n) is 5.16. The van der Waals surface area contributed by atoms with Crippen molar-refractivity contribution in [2.45, 2.75) is 50.4 Å². The van der Waals surface area contributed by atoms with E-state index in [4.69, 9.17) is 4.98 Å². The maximum atomic E-state index is 4.86. The molecule has 0 saturated heterocycles. The highest BCUT2D eigenvalue weighted by molar-refractivity contribution is 7.99. The highest BCUT2D eigenvalue weighted by atomic mass is 32.2. The number of rotatable bonds is 7. The van der Waals surface area contributed by atoms with Crippen LogP contribution in [-0.4, -0.2) is 16.8 Å². The molecule has 2 aromatic rings. The average Bonchev–Trinajstić information content (AvgIpc) is 2.47. The minimum atomic E-state index is 0.605. The Hall–Kier alpha value is -1.06. The predicted octanol–water partition coefficient (Wildman–Crippen LogP) is 4.63. The van der Waals surface area contributed by atoms with Crippen molar-refractivity contribution in [1.29, 1.82) is 0 Å². The van der Waals surface area contributed by atoms with Crippen LogP contribution < -0.4 is 5.32 Å². The highest BCUT2D eigenvalue weighted by Gasteiger charge is 2.10. The van der Waals surface area contributed by atoms with Crippen molar-refractivity contribution in [3.05, 3.63) is 35.9 Å². The van der Waals surface area contributed by atoms with Crippen molar-refractivity contribution in [1.82, 2.24) is 10.3 Å². The van der Waals surface area contributed by atoms with E-state index in [9.17, 15) is 0 Å². The molecule has 2 nitrogen and oxygen atoms in total. The molecule has 0 fully saturated rings. The van der Waals surface area contributed by atoms with Crippen LogP contribution in [0.4, 0.5) is 0 Å². The molecule has 0 radical (unpaired) electrons. The van der Waals surface area contributed by atoms with Gasteiger partial charge < -0.3 is 5.32 Å². The summed E-state index contributed by atoms with van der Waals surface area (Å²) in [5.41, 5.74) is 2.42. The van der Waals surface area contributed by atoms with E-state index in [0.29, 0.717) is 5.25 Å². The molecule has 1 aromatic carbocycles. The van der Waals surface area contributed by atoms with Crippen LogP contribution in [0.2, 0.25) is 0 Å². The summed E-state index contributed by atoms with van der Waals surface area (Å²) < 4.78 is 0. The van der Waals surface area contributed by atoms with Gasteiger partial charge in [-0.05, 0) is 37.1 Å². The second-order valence-corrected chi connectivity index (χ2v) is 6.59. The van der Waals surface area contributed by atoms with Gasteiger partial charge in [-0.1, -0.05) is 39.0 Å². The molecule has 0 aliphatic carbocycles. The van der Waals surface area contributed by atoms with Crippen molar-refractivity contribution < 1.29 is 0 Å². The molecule has 0 aliphatic rings. The van der Waals surface area contributed by atoms with E-state index < -0.39 is 0 Å². The standard InChI is InChI=1S/C17H24N2S/c1-4-10-18-12-15-11-14-8-6-7-9-16(14)19-17(15)20-13(3)5-2/h6-9,11,13,18H,4-5,10,12H2,1-3H3. The Bertz CT molecular complexity index is 554. The van der Waals surface area contributed by atoms with Crippen molar-refractivity contribution in [2.75, 3.05) is 6.54 Å². The van der Waals surface area contributed by atoms with Gasteiger partial charge in [0.25, 0.3) is 0 Å². The van der Waals surface area contributed by atoms with Gasteiger partial charge in [-0.3, -0.25) is 0 Å². The molecule has 0 amide bonds. The average molecular weight is 288 g/mol. The Kier molecular flexibility index (Phi) is 5.86. The van der Waals surface area contributed by atoms with Crippen molar-refractivity contribution >= 4 is 22.7 Å². The molecule has 1 N–H and O–H groups in total. The van der Waals surface area contributed by atoms with Gasteiger partial charge in [0.05, 0.1) is 5.52 Å². The van der Waals surface area contributed by atoms with Gasteiger partial charge >= 0.3 is 0 Å². The summed E-state index contributed by atoms with van der Waals surface area (Å²) in [7, 11) is 0. The lowest BCUT2D eigenvalue weighted by Crippen LogP contribution is -2.15. The van der Waals surface area contributed by atoms with E-state index >= 15 is 0 Å². The minimum absolute atomic E-state index is 0.605. The van der Waals surface area contributed by atoms with Crippen LogP contribution >= 0.6 is 11.8 Å². The number of nitrogens with zero attached hydrogens (tertiary/aromatic N) is 1. The van der Waals surface area contributed by atoms with E-state index in [1.807, 2.05) is 11.8 Å². The molecule has 1 aromatic heterocycles. The van der Waals surface area contributed by atoms with E-state index in [2.05, 4.69) is 56.4 Å². The Morgan fingerprint density at radius 1 is 1.25 bits per heavy atom. The Morgan fingerprint density at radius 3 is 2.80 bits per heavy atom. The Morgan fingerprint density at radius 2 is 2.05 bits per heavy atom. The fourth-order valence-electron chi connectivity index (χ4n) is 2.04. The molecule has 1 unspecified atom stereocenters. The molecule has 3 heteroatoms. The molecule has 108 valence electrons. The number of benzene rings is 1. The fourth-order valence-corrected chi connectivity index (χ4v) is 3.03. The van der Waals surface area contributed by atoms with Crippen molar-refractivity contribution in [3.63, 3.8) is 0 Å². The fraction of sp³-hybridized carbons (Fsp3) is 0.471. The predicted molar refractivity (Wildman–Crippen MR) is 89.4 cm³/mol. The summed E-state index contributed by atoms with van der Waals surface area (Å²) in [6, 6.07) is 10.7. The van der Waals surface area contributed by atoms with Gasteiger partial charge in [0.2, 0.25) is 0 Å². The van der Waals surface area contributed by atoms with Crippen LogP contribution in [0, 0.1) is 0 Å². The quantitative estimate of drug-likeness (QED) is 0.594. The molecule has 20 heavy (non-hydrogen) atoms. The number of pyridine rings is 1. The smallest absolute Gasteiger partial charge is 0.101 e. The molecule has 2 rings (SSSR count). The van der Waals surface area contributed by atoms with Crippen LogP contribution in [0.1, 0.15) is 39.2 Å². The van der Waals surface area contributed by atoms with E-state index in [1.54, 1.807) is 0 Å². The van der Waals surface area contributed by atoms with Gasteiger partial charge in [0.1, 0.15) is 5.03 Å². The highest BCUT2D eigenvalue weighted by Crippen LogP contribution is 2.29. The van der Waals surface area contributed by atoms with Gasteiger partial charge in [0, 0.05) is 17.2 Å². The Labute approximate surface area is 126 Å². The summed E-state index contributed by atoms with van der Waals surface area (Å²) in [4.78, 5) is 4.86. The molecule has 1 heterocycles. The Balaban J connectivity index is 2.31. The lowest BCUT2D eigenvalue weighted by atomic mass is 10.1. The first-order chi connectivity index (χ1) is 9.74. The number of para-hydroxylation sites is 1. The monoisotopic (exact) mass is 288 g/mol. The first-order valence-electron chi connectivity index (χ1n) is 7.50. The first-order valence-corrected chi connectivity index (χ1v) is 8.38. The van der Waals surface area contributed by atoms with Crippen LogP contribution in [0.25, 0.3) is 10.9 Å². The third-order valence-electron chi connectivity index (χ3n) is 3.39. The summed E-state index contributed by atoms with van der Waals surface area (Å²) in [6.07, 6.45) is 2.33. The molecule has 0 saturated carbocycles. The largest absolute Gasteiger partial charge is 0.313 e. The molecular formula is C17H24N2S. The van der Waals surface area contributed by atoms with Crippen LogP contribution in [0.15, 0.2) is 35.4 Å². The zero-order valence-corrected chi connectivity index (χ0v) is 13.5. The number of nitrogens with one attached hydrogen (secondary N) is 1. The van der Waals surface area contributed by atoms with E-state index in [0.717, 1.165) is 25.0 Å². The zero-order chi connectivity index (χ0) is 14.4. The number of hydrogen-bond acceptors (Lipinski definition) is 3. The van der Waals surface area contributed by atoms with Crippen LogP contribution in [-0.2, 0) is 6.54 Å². The lowest BCUT2D eigenvalue weighted by Gasteiger charge is -2.14. The van der Waals surface area contributed by atoms with Gasteiger partial charge in [0.15, 0.2) is 0 Å². The molecule has 1 atom stereocenters. The number of fused-ring (bicyclic) bond motifs is 1. The zero-order valence-electron chi connectivity index (χ0n) is 12.6. The van der Waals surface area contributed by atoms with Crippen molar-refractivity contribution in [3.8, 4) is 0 Å². The number of hydrogen-bond donors (Lipinski definition) is 1. The third kappa shape index (κ3) is 3.97. The summed E-state index contributed by atoms with van der Waals surface area (Å²) in [6.45, 7) is 8.66. The van der Waals surface area contributed by atoms with Gasteiger partial charge in [-0.15, -0.1) is 11.8 Å². The molecular weight excluding hydrogens is 264 g/mol. The molecule has 0 aliphatic heterocycles. The maximum Gasteiger partial charge on any atom is 0.101 e. The van der Waals surface area contributed by atoms with Crippen molar-refractivity contribution in [2.24, 2.45) is 0 Å². The lowest BCUT2D eigenvalue weighted by molar-refractivity contribution is 0.666. The second kappa shape index (κ2) is 7.65. The van der Waals surface area contributed by atoms with Gasteiger partial charge in [-0.2, -0.15) is 0 Å². The summed E-state index contributed by atoms with van der Waals surface area (Å²) in [5, 5.41) is 6.51. The third-order valence-corrected chi connectivity index (χ3v) is 4.71. The first kappa shape index (κ1) is 15.3. The summed E-state index contributed by atoms with van der Waals surface area (Å²) >= 11 is 1.89. The van der Waals surface area contributed by atoms with Crippen LogP contribution in [0.3, 0.4) is 0 Å². The normalized spacial score (nSPS) is 12.8. The number of aromatic nitrogens is 1. The number of thioether (sulfide) groups is 1. The van der Waals surface area contributed by atoms with E-state index in [1.165, 1.54) is 22.4 Å². The minimum Gasteiger partial charge on any atom is -0.313 e. The summed E-state index contributed by atoms with van der Waals surface area (Å²) in [5.74, 6) is 0. The molecule has 0 spiro atoms. The van der Waals surface area contributed by atoms with Crippen LogP contribution in [0.5, 0.6) is 0 Å². The van der Waals surface area contributed by atoms with Gasteiger partial charge in [-0.25, -0.2) is 4.98 Å². The molecule has 0 bridgehead atoms. The van der Waals surface area contributed by atoms with E-state index in [-0.39, 0.29) is 0 Å². The topological polar surface area (TPSA) is 24.9 Å². The maximum absolute atomic E-state index is 4.86. The SMILES string of the molecule is CCCNCc1cc2ccccc2nc1SC(C)CC.